The van der Waals surface area contributed by atoms with Gasteiger partial charge in [0.25, 0.3) is 0 Å². The predicted molar refractivity (Wildman–Crippen MR) is 57.4 cm³/mol. The lowest BCUT2D eigenvalue weighted by atomic mass is 9.97. The second-order valence-electron chi connectivity index (χ2n) is 3.51. The number of aliphatic hydroxyl groups is 1. The minimum atomic E-state index is -0.233. The molecule has 3 nitrogen and oxygen atoms in total. The van der Waals surface area contributed by atoms with Gasteiger partial charge in [-0.1, -0.05) is 12.8 Å². The Balaban J connectivity index is 2.19. The minimum absolute atomic E-state index is 0.171. The summed E-state index contributed by atoms with van der Waals surface area (Å²) in [5.74, 6) is 0.200. The molecular weight excluding hydrogens is 200 g/mol. The van der Waals surface area contributed by atoms with Gasteiger partial charge in [0.15, 0.2) is 0 Å². The fraction of sp³-hybridized carbons (Fsp3) is 0.900. The van der Waals surface area contributed by atoms with Crippen LogP contribution in [0.1, 0.15) is 32.6 Å². The lowest BCUT2D eigenvalue weighted by Crippen LogP contribution is -2.28. The Kier molecular flexibility index (Phi) is 5.33. The maximum atomic E-state index is 11.1. The highest BCUT2D eigenvalue weighted by Crippen LogP contribution is 2.28. The van der Waals surface area contributed by atoms with Crippen molar-refractivity contribution in [2.24, 2.45) is 0 Å². The van der Waals surface area contributed by atoms with Crippen molar-refractivity contribution in [3.63, 3.8) is 0 Å². The number of carbonyl (C=O) groups is 1. The molecule has 0 radical (unpaired) electrons. The number of carbonyl (C=O) groups excluding carboxylic acids is 1. The molecule has 2 atom stereocenters. The Hall–Kier alpha value is -0.220. The van der Waals surface area contributed by atoms with E-state index in [4.69, 9.17) is 4.74 Å². The summed E-state index contributed by atoms with van der Waals surface area (Å²) in [7, 11) is 0. The number of esters is 1. The highest BCUT2D eigenvalue weighted by molar-refractivity contribution is 8.00. The van der Waals surface area contributed by atoms with Crippen molar-refractivity contribution in [2.45, 2.75) is 44.0 Å². The smallest absolute Gasteiger partial charge is 0.315 e. The van der Waals surface area contributed by atoms with E-state index in [0.29, 0.717) is 12.4 Å². The van der Waals surface area contributed by atoms with E-state index >= 15 is 0 Å². The van der Waals surface area contributed by atoms with Crippen molar-refractivity contribution in [1.29, 1.82) is 0 Å². The molecule has 14 heavy (non-hydrogen) atoms. The zero-order valence-corrected chi connectivity index (χ0v) is 9.39. The van der Waals surface area contributed by atoms with Crippen LogP contribution < -0.4 is 0 Å². The molecule has 1 aliphatic rings. The molecule has 0 bridgehead atoms. The summed E-state index contributed by atoms with van der Waals surface area (Å²) in [4.78, 5) is 11.1. The second-order valence-corrected chi connectivity index (χ2v) is 4.73. The number of thioether (sulfide) groups is 1. The van der Waals surface area contributed by atoms with E-state index in [1.54, 1.807) is 6.92 Å². The van der Waals surface area contributed by atoms with E-state index in [2.05, 4.69) is 0 Å². The second kappa shape index (κ2) is 6.30. The lowest BCUT2D eigenvalue weighted by molar-refractivity contribution is -0.139. The van der Waals surface area contributed by atoms with Crippen molar-refractivity contribution in [2.75, 3.05) is 12.4 Å². The van der Waals surface area contributed by atoms with Crippen LogP contribution in [-0.2, 0) is 9.53 Å². The summed E-state index contributed by atoms with van der Waals surface area (Å²) in [6.07, 6.45) is 3.93. The summed E-state index contributed by atoms with van der Waals surface area (Å²) in [5, 5.41) is 9.87. The van der Waals surface area contributed by atoms with Gasteiger partial charge in [0, 0.05) is 5.25 Å². The molecule has 0 aliphatic heterocycles. The molecule has 0 aromatic carbocycles. The van der Waals surface area contributed by atoms with Gasteiger partial charge in [-0.05, 0) is 19.8 Å². The zero-order valence-electron chi connectivity index (χ0n) is 8.57. The Bertz CT molecular complexity index is 184. The topological polar surface area (TPSA) is 46.5 Å². The summed E-state index contributed by atoms with van der Waals surface area (Å²) >= 11 is 1.53. The number of rotatable bonds is 4. The Labute approximate surface area is 89.2 Å². The molecule has 0 aromatic heterocycles. The van der Waals surface area contributed by atoms with Crippen LogP contribution in [0.3, 0.4) is 0 Å². The van der Waals surface area contributed by atoms with Crippen LogP contribution in [0, 0.1) is 0 Å². The number of hydrogen-bond donors (Lipinski definition) is 1. The molecule has 1 N–H and O–H groups in total. The molecule has 0 heterocycles. The van der Waals surface area contributed by atoms with Gasteiger partial charge in [0.2, 0.25) is 0 Å². The third kappa shape index (κ3) is 3.88. The summed E-state index contributed by atoms with van der Waals surface area (Å²) in [5.41, 5.74) is 0. The fourth-order valence-electron chi connectivity index (χ4n) is 1.65. The van der Waals surface area contributed by atoms with Crippen LogP contribution >= 0.6 is 11.8 Å². The van der Waals surface area contributed by atoms with E-state index < -0.39 is 0 Å². The third-order valence-electron chi connectivity index (χ3n) is 2.39. The SMILES string of the molecule is CCOC(=O)CS[C@H]1CCCC[C@@H]1O. The number of aliphatic hydroxyl groups excluding tert-OH is 1. The van der Waals surface area contributed by atoms with E-state index in [-0.39, 0.29) is 17.3 Å². The molecule has 1 aliphatic carbocycles. The quantitative estimate of drug-likeness (QED) is 0.728. The first kappa shape index (κ1) is 11.9. The van der Waals surface area contributed by atoms with Gasteiger partial charge >= 0.3 is 5.97 Å². The van der Waals surface area contributed by atoms with Crippen molar-refractivity contribution in [3.8, 4) is 0 Å². The van der Waals surface area contributed by atoms with Gasteiger partial charge in [0.05, 0.1) is 18.5 Å². The molecule has 0 amide bonds. The maximum Gasteiger partial charge on any atom is 0.315 e. The monoisotopic (exact) mass is 218 g/mol. The molecule has 0 unspecified atom stereocenters. The van der Waals surface area contributed by atoms with Crippen LogP contribution in [-0.4, -0.2) is 34.8 Å². The van der Waals surface area contributed by atoms with Crippen LogP contribution in [0.5, 0.6) is 0 Å². The highest BCUT2D eigenvalue weighted by Gasteiger charge is 2.24. The van der Waals surface area contributed by atoms with Crippen molar-refractivity contribution >= 4 is 17.7 Å². The minimum Gasteiger partial charge on any atom is -0.465 e. The van der Waals surface area contributed by atoms with E-state index in [9.17, 15) is 9.90 Å². The van der Waals surface area contributed by atoms with Crippen LogP contribution in [0.25, 0.3) is 0 Å². The van der Waals surface area contributed by atoms with Crippen LogP contribution in [0.15, 0.2) is 0 Å². The third-order valence-corrected chi connectivity index (χ3v) is 3.77. The average Bonchev–Trinajstić information content (AvgIpc) is 2.17. The first-order valence-corrected chi connectivity index (χ1v) is 6.24. The molecule has 1 saturated carbocycles. The number of ether oxygens (including phenoxy) is 1. The van der Waals surface area contributed by atoms with E-state index in [1.165, 1.54) is 11.8 Å². The normalized spacial score (nSPS) is 27.3. The molecule has 4 heteroatoms. The van der Waals surface area contributed by atoms with Crippen LogP contribution in [0.4, 0.5) is 0 Å². The molecule has 0 aromatic rings. The Morgan fingerprint density at radius 1 is 1.50 bits per heavy atom. The molecule has 1 rings (SSSR count). The van der Waals surface area contributed by atoms with E-state index in [1.807, 2.05) is 0 Å². The van der Waals surface area contributed by atoms with Crippen LogP contribution in [0.2, 0.25) is 0 Å². The van der Waals surface area contributed by atoms with Gasteiger partial charge < -0.3 is 9.84 Å². The highest BCUT2D eigenvalue weighted by atomic mass is 32.2. The van der Waals surface area contributed by atoms with Crippen molar-refractivity contribution < 1.29 is 14.6 Å². The fourth-order valence-corrected chi connectivity index (χ4v) is 2.77. The molecular formula is C10H18O3S. The maximum absolute atomic E-state index is 11.1. The van der Waals surface area contributed by atoms with E-state index in [0.717, 1.165) is 25.7 Å². The zero-order chi connectivity index (χ0) is 10.4. The molecule has 1 fully saturated rings. The van der Waals surface area contributed by atoms with Crippen molar-refractivity contribution in [1.82, 2.24) is 0 Å². The van der Waals surface area contributed by atoms with Gasteiger partial charge in [0.1, 0.15) is 0 Å². The molecule has 0 spiro atoms. The largest absolute Gasteiger partial charge is 0.465 e. The molecule has 82 valence electrons. The Morgan fingerprint density at radius 2 is 2.21 bits per heavy atom. The Morgan fingerprint density at radius 3 is 2.86 bits per heavy atom. The molecule has 0 saturated heterocycles. The van der Waals surface area contributed by atoms with Gasteiger partial charge in [-0.25, -0.2) is 0 Å². The van der Waals surface area contributed by atoms with Crippen molar-refractivity contribution in [3.05, 3.63) is 0 Å². The average molecular weight is 218 g/mol. The number of hydrogen-bond acceptors (Lipinski definition) is 4. The summed E-state index contributed by atoms with van der Waals surface area (Å²) < 4.78 is 4.83. The predicted octanol–water partition coefficient (Wildman–Crippen LogP) is 1.59. The van der Waals surface area contributed by atoms with Gasteiger partial charge in [-0.3, -0.25) is 4.79 Å². The van der Waals surface area contributed by atoms with Gasteiger partial charge in [-0.2, -0.15) is 0 Å². The standard InChI is InChI=1S/C10H18O3S/c1-2-13-10(12)7-14-9-6-4-3-5-8(9)11/h8-9,11H,2-7H2,1H3/t8-,9-/m0/s1. The van der Waals surface area contributed by atoms with Gasteiger partial charge in [-0.15, -0.1) is 11.8 Å². The first-order valence-electron chi connectivity index (χ1n) is 5.19. The lowest BCUT2D eigenvalue weighted by Gasteiger charge is -2.26. The first-order chi connectivity index (χ1) is 6.74. The summed E-state index contributed by atoms with van der Waals surface area (Å²) in [6, 6.07) is 0. The summed E-state index contributed by atoms with van der Waals surface area (Å²) in [6.45, 7) is 2.24.